The molecule has 1 aliphatic rings. The third kappa shape index (κ3) is 2.71. The first-order chi connectivity index (χ1) is 9.56. The highest BCUT2D eigenvalue weighted by atomic mass is 35.5. The van der Waals surface area contributed by atoms with Gasteiger partial charge in [0.1, 0.15) is 0 Å². The Morgan fingerprint density at radius 1 is 1.40 bits per heavy atom. The number of aromatic amines is 1. The lowest BCUT2D eigenvalue weighted by atomic mass is 10.1. The Bertz CT molecular complexity index is 716. The molecule has 2 aromatic rings. The topological polar surface area (TPSA) is 74.8 Å². The van der Waals surface area contributed by atoms with Crippen LogP contribution in [0.15, 0.2) is 40.4 Å². The summed E-state index contributed by atoms with van der Waals surface area (Å²) in [4.78, 5) is 1.07. The number of hydrogen-bond donors (Lipinski definition) is 2. The van der Waals surface area contributed by atoms with E-state index in [2.05, 4.69) is 14.9 Å². The number of hydrogen-bond acceptors (Lipinski definition) is 4. The number of benzene rings is 1. The van der Waals surface area contributed by atoms with Crippen LogP contribution in [0.2, 0.25) is 5.02 Å². The fourth-order valence-electron chi connectivity index (χ4n) is 2.13. The van der Waals surface area contributed by atoms with Gasteiger partial charge in [0.05, 0.1) is 6.20 Å². The van der Waals surface area contributed by atoms with Gasteiger partial charge in [-0.1, -0.05) is 11.6 Å². The first-order valence-corrected chi connectivity index (χ1v) is 8.85. The highest BCUT2D eigenvalue weighted by Crippen LogP contribution is 2.38. The lowest BCUT2D eigenvalue weighted by Gasteiger charge is -2.25. The van der Waals surface area contributed by atoms with E-state index in [1.54, 1.807) is 11.8 Å². The Kier molecular flexibility index (Phi) is 3.76. The zero-order valence-electron chi connectivity index (χ0n) is 10.3. The van der Waals surface area contributed by atoms with Crippen molar-refractivity contribution in [3.63, 3.8) is 0 Å². The number of sulfonamides is 1. The van der Waals surface area contributed by atoms with Gasteiger partial charge in [0.15, 0.2) is 5.03 Å². The Hall–Kier alpha value is -1.02. The maximum atomic E-state index is 12.2. The van der Waals surface area contributed by atoms with Crippen molar-refractivity contribution in [3.8, 4) is 0 Å². The quantitative estimate of drug-likeness (QED) is 0.907. The highest BCUT2D eigenvalue weighted by Gasteiger charge is 2.27. The van der Waals surface area contributed by atoms with Crippen LogP contribution in [0.5, 0.6) is 0 Å². The summed E-state index contributed by atoms with van der Waals surface area (Å²) in [5.74, 6) is 0.866. The molecule has 0 bridgehead atoms. The highest BCUT2D eigenvalue weighted by molar-refractivity contribution is 7.99. The SMILES string of the molecule is O=S(=O)(NC1CCSc2ccc(Cl)cc21)c1ccn[nH]1. The molecule has 1 aromatic heterocycles. The van der Waals surface area contributed by atoms with E-state index in [-0.39, 0.29) is 11.1 Å². The van der Waals surface area contributed by atoms with Crippen molar-refractivity contribution in [1.82, 2.24) is 14.9 Å². The van der Waals surface area contributed by atoms with Crippen molar-refractivity contribution >= 4 is 33.4 Å². The molecule has 0 radical (unpaired) electrons. The lowest BCUT2D eigenvalue weighted by Crippen LogP contribution is -2.31. The van der Waals surface area contributed by atoms with Crippen LogP contribution < -0.4 is 4.72 Å². The van der Waals surface area contributed by atoms with E-state index in [0.717, 1.165) is 22.6 Å². The van der Waals surface area contributed by atoms with E-state index in [4.69, 9.17) is 11.6 Å². The van der Waals surface area contributed by atoms with Crippen LogP contribution in [-0.2, 0) is 10.0 Å². The summed E-state index contributed by atoms with van der Waals surface area (Å²) in [6.45, 7) is 0. The van der Waals surface area contributed by atoms with Crippen LogP contribution in [-0.4, -0.2) is 24.4 Å². The molecule has 0 fully saturated rings. The van der Waals surface area contributed by atoms with E-state index in [0.29, 0.717) is 5.02 Å². The molecule has 8 heteroatoms. The standard InChI is InChI=1S/C12H12ClN3O2S2/c13-8-1-2-11-9(7-8)10(4-6-19-11)16-20(17,18)12-3-5-14-15-12/h1-3,5,7,10,16H,4,6H2,(H,14,15). The van der Waals surface area contributed by atoms with Gasteiger partial charge in [-0.3, -0.25) is 5.10 Å². The molecule has 0 saturated carbocycles. The Balaban J connectivity index is 1.92. The summed E-state index contributed by atoms with van der Waals surface area (Å²) < 4.78 is 27.2. The average molecular weight is 330 g/mol. The molecule has 5 nitrogen and oxygen atoms in total. The number of nitrogens with zero attached hydrogens (tertiary/aromatic N) is 1. The normalized spacial score (nSPS) is 18.8. The van der Waals surface area contributed by atoms with Gasteiger partial charge in [0, 0.05) is 16.0 Å². The summed E-state index contributed by atoms with van der Waals surface area (Å²) in [5.41, 5.74) is 0.928. The van der Waals surface area contributed by atoms with E-state index >= 15 is 0 Å². The monoisotopic (exact) mass is 329 g/mol. The zero-order chi connectivity index (χ0) is 14.2. The van der Waals surface area contributed by atoms with Crippen molar-refractivity contribution in [2.45, 2.75) is 22.4 Å². The minimum Gasteiger partial charge on any atom is -0.266 e. The maximum absolute atomic E-state index is 12.2. The molecule has 1 atom stereocenters. The predicted octanol–water partition coefficient (Wildman–Crippen LogP) is 2.58. The van der Waals surface area contributed by atoms with Gasteiger partial charge in [-0.05, 0) is 42.0 Å². The van der Waals surface area contributed by atoms with Gasteiger partial charge in [-0.2, -0.15) is 5.10 Å². The second-order valence-electron chi connectivity index (χ2n) is 4.41. The summed E-state index contributed by atoms with van der Waals surface area (Å²) >= 11 is 7.72. The van der Waals surface area contributed by atoms with Crippen molar-refractivity contribution in [3.05, 3.63) is 41.0 Å². The third-order valence-electron chi connectivity index (χ3n) is 3.07. The summed E-state index contributed by atoms with van der Waals surface area (Å²) in [7, 11) is -3.59. The van der Waals surface area contributed by atoms with Gasteiger partial charge in [0.2, 0.25) is 0 Å². The first kappa shape index (κ1) is 13.9. The molecule has 1 aliphatic heterocycles. The van der Waals surface area contributed by atoms with Crippen LogP contribution in [0.4, 0.5) is 0 Å². The summed E-state index contributed by atoms with van der Waals surface area (Å²) in [5, 5.41) is 6.82. The van der Waals surface area contributed by atoms with Crippen LogP contribution in [0.1, 0.15) is 18.0 Å². The van der Waals surface area contributed by atoms with Gasteiger partial charge in [-0.25, -0.2) is 13.1 Å². The second kappa shape index (κ2) is 5.40. The molecular formula is C12H12ClN3O2S2. The van der Waals surface area contributed by atoms with E-state index in [1.165, 1.54) is 12.3 Å². The van der Waals surface area contributed by atoms with Crippen LogP contribution >= 0.6 is 23.4 Å². The first-order valence-electron chi connectivity index (χ1n) is 6.00. The minimum absolute atomic E-state index is 0.0688. The molecule has 2 N–H and O–H groups in total. The summed E-state index contributed by atoms with van der Waals surface area (Å²) in [6, 6.07) is 6.73. The minimum atomic E-state index is -3.59. The number of halogens is 1. The van der Waals surface area contributed by atoms with Crippen molar-refractivity contribution in [1.29, 1.82) is 0 Å². The van der Waals surface area contributed by atoms with E-state index in [1.807, 2.05) is 18.2 Å². The average Bonchev–Trinajstić information content (AvgIpc) is 2.94. The maximum Gasteiger partial charge on any atom is 0.258 e. The summed E-state index contributed by atoms with van der Waals surface area (Å²) in [6.07, 6.45) is 2.14. The molecule has 20 heavy (non-hydrogen) atoms. The van der Waals surface area contributed by atoms with Crippen molar-refractivity contribution < 1.29 is 8.42 Å². The fraction of sp³-hybridized carbons (Fsp3) is 0.250. The van der Waals surface area contributed by atoms with Crippen molar-refractivity contribution in [2.75, 3.05) is 5.75 Å². The molecule has 2 heterocycles. The molecule has 0 amide bonds. The van der Waals surface area contributed by atoms with Crippen LogP contribution in [0.25, 0.3) is 0 Å². The van der Waals surface area contributed by atoms with Crippen LogP contribution in [0.3, 0.4) is 0 Å². The van der Waals surface area contributed by atoms with Crippen LogP contribution in [0, 0.1) is 0 Å². The Morgan fingerprint density at radius 2 is 2.25 bits per heavy atom. The number of aromatic nitrogens is 2. The molecule has 106 valence electrons. The molecule has 3 rings (SSSR count). The molecular weight excluding hydrogens is 318 g/mol. The third-order valence-corrected chi connectivity index (χ3v) is 5.83. The number of thioether (sulfide) groups is 1. The molecule has 0 saturated heterocycles. The number of fused-ring (bicyclic) bond motifs is 1. The van der Waals surface area contributed by atoms with Gasteiger partial charge >= 0.3 is 0 Å². The van der Waals surface area contributed by atoms with Gasteiger partial charge in [-0.15, -0.1) is 11.8 Å². The molecule has 0 aliphatic carbocycles. The Morgan fingerprint density at radius 3 is 3.00 bits per heavy atom. The number of rotatable bonds is 3. The smallest absolute Gasteiger partial charge is 0.258 e. The van der Waals surface area contributed by atoms with Crippen molar-refractivity contribution in [2.24, 2.45) is 0 Å². The molecule has 0 spiro atoms. The van der Waals surface area contributed by atoms with E-state index in [9.17, 15) is 8.42 Å². The largest absolute Gasteiger partial charge is 0.266 e. The molecule has 1 aromatic carbocycles. The zero-order valence-corrected chi connectivity index (χ0v) is 12.7. The number of H-pyrrole nitrogens is 1. The Labute approximate surface area is 126 Å². The lowest BCUT2D eigenvalue weighted by molar-refractivity contribution is 0.542. The van der Waals surface area contributed by atoms with Gasteiger partial charge < -0.3 is 0 Å². The fourth-order valence-corrected chi connectivity index (χ4v) is 4.58. The number of nitrogens with one attached hydrogen (secondary N) is 2. The predicted molar refractivity (Wildman–Crippen MR) is 78.4 cm³/mol. The molecule has 1 unspecified atom stereocenters. The second-order valence-corrected chi connectivity index (χ2v) is 7.67. The van der Waals surface area contributed by atoms with Gasteiger partial charge in [0.25, 0.3) is 10.0 Å². The van der Waals surface area contributed by atoms with E-state index < -0.39 is 10.0 Å².